The van der Waals surface area contributed by atoms with Gasteiger partial charge in [-0.2, -0.15) is 0 Å². The molecule has 0 bridgehead atoms. The van der Waals surface area contributed by atoms with E-state index < -0.39 is 46.4 Å². The van der Waals surface area contributed by atoms with Crippen molar-refractivity contribution >= 4 is 11.6 Å². The standard InChI is InChI=1S/C22H18F5NO3/c1-3-11(2)12-4-6-13(7-5-12)30-10-14-8-9-15(31-14)22(29)28-21-19(26)17(24)16(23)18(25)20(21)27/h4-9,11H,3,10H2,1-2H3,(H,28,29). The fourth-order valence-corrected chi connectivity index (χ4v) is 2.75. The molecule has 31 heavy (non-hydrogen) atoms. The number of hydrogen-bond donors (Lipinski definition) is 1. The third-order valence-electron chi connectivity index (χ3n) is 4.78. The summed E-state index contributed by atoms with van der Waals surface area (Å²) < 4.78 is 77.8. The molecule has 1 unspecified atom stereocenters. The minimum Gasteiger partial charge on any atom is -0.486 e. The molecule has 1 N–H and O–H groups in total. The van der Waals surface area contributed by atoms with Gasteiger partial charge in [0.2, 0.25) is 5.82 Å². The Morgan fingerprint density at radius 1 is 0.935 bits per heavy atom. The summed E-state index contributed by atoms with van der Waals surface area (Å²) in [5.41, 5.74) is -0.295. The molecule has 0 saturated heterocycles. The van der Waals surface area contributed by atoms with Gasteiger partial charge in [0.15, 0.2) is 29.0 Å². The zero-order valence-corrected chi connectivity index (χ0v) is 16.6. The lowest BCUT2D eigenvalue weighted by Gasteiger charge is -2.10. The molecule has 1 atom stereocenters. The summed E-state index contributed by atoms with van der Waals surface area (Å²) in [6, 6.07) is 10.0. The van der Waals surface area contributed by atoms with Crippen LogP contribution in [0.3, 0.4) is 0 Å². The normalized spacial score (nSPS) is 12.0. The molecule has 3 aromatic rings. The lowest BCUT2D eigenvalue weighted by atomic mass is 9.99. The van der Waals surface area contributed by atoms with E-state index in [9.17, 15) is 26.7 Å². The molecule has 1 heterocycles. The molecule has 3 rings (SSSR count). The summed E-state index contributed by atoms with van der Waals surface area (Å²) in [6.45, 7) is 4.15. The predicted molar refractivity (Wildman–Crippen MR) is 102 cm³/mol. The number of rotatable bonds is 7. The molecule has 2 aromatic carbocycles. The molecular weight excluding hydrogens is 421 g/mol. The summed E-state index contributed by atoms with van der Waals surface area (Å²) in [5, 5.41) is 1.64. The van der Waals surface area contributed by atoms with Gasteiger partial charge >= 0.3 is 0 Å². The van der Waals surface area contributed by atoms with Crippen molar-refractivity contribution in [3.05, 3.63) is 82.6 Å². The van der Waals surface area contributed by atoms with Gasteiger partial charge in [0.25, 0.3) is 5.91 Å². The van der Waals surface area contributed by atoms with Crippen LogP contribution in [0.2, 0.25) is 0 Å². The van der Waals surface area contributed by atoms with E-state index in [1.165, 1.54) is 17.7 Å². The SMILES string of the molecule is CCC(C)c1ccc(OCc2ccc(C(=O)Nc3c(F)c(F)c(F)c(F)c3F)o2)cc1. The zero-order valence-electron chi connectivity index (χ0n) is 16.6. The van der Waals surface area contributed by atoms with E-state index in [-0.39, 0.29) is 12.4 Å². The Morgan fingerprint density at radius 2 is 1.52 bits per heavy atom. The van der Waals surface area contributed by atoms with Gasteiger partial charge in [0.05, 0.1) is 0 Å². The zero-order chi connectivity index (χ0) is 22.7. The monoisotopic (exact) mass is 439 g/mol. The summed E-state index contributed by atoms with van der Waals surface area (Å²) in [5.74, 6) is -11.3. The van der Waals surface area contributed by atoms with Gasteiger partial charge in [0, 0.05) is 0 Å². The number of carbonyl (C=O) groups excluding carboxylic acids is 1. The Bertz CT molecular complexity index is 1070. The maximum Gasteiger partial charge on any atom is 0.291 e. The molecule has 0 fully saturated rings. The van der Waals surface area contributed by atoms with E-state index >= 15 is 0 Å². The number of amides is 1. The highest BCUT2D eigenvalue weighted by Gasteiger charge is 2.27. The van der Waals surface area contributed by atoms with E-state index in [1.807, 2.05) is 12.1 Å². The van der Waals surface area contributed by atoms with Crippen LogP contribution in [-0.4, -0.2) is 5.91 Å². The van der Waals surface area contributed by atoms with Crippen molar-refractivity contribution in [2.24, 2.45) is 0 Å². The molecule has 1 amide bonds. The fraction of sp³-hybridized carbons (Fsp3) is 0.227. The van der Waals surface area contributed by atoms with Crippen LogP contribution in [-0.2, 0) is 6.61 Å². The van der Waals surface area contributed by atoms with Crippen LogP contribution in [0.15, 0.2) is 40.8 Å². The molecule has 0 aliphatic carbocycles. The topological polar surface area (TPSA) is 51.5 Å². The minimum absolute atomic E-state index is 0.0432. The lowest BCUT2D eigenvalue weighted by molar-refractivity contribution is 0.0991. The Labute approximate surface area is 174 Å². The molecule has 1 aromatic heterocycles. The van der Waals surface area contributed by atoms with Crippen LogP contribution in [0.5, 0.6) is 5.75 Å². The molecule has 0 aliphatic heterocycles. The predicted octanol–water partition coefficient (Wildman–Crippen LogP) is 6.32. The first kappa shape index (κ1) is 22.3. The molecule has 4 nitrogen and oxygen atoms in total. The van der Waals surface area contributed by atoms with Crippen LogP contribution < -0.4 is 10.1 Å². The summed E-state index contributed by atoms with van der Waals surface area (Å²) in [4.78, 5) is 12.1. The van der Waals surface area contributed by atoms with Gasteiger partial charge in [-0.3, -0.25) is 4.79 Å². The minimum atomic E-state index is -2.32. The van der Waals surface area contributed by atoms with Crippen molar-refractivity contribution in [1.82, 2.24) is 0 Å². The highest BCUT2D eigenvalue weighted by atomic mass is 19.2. The van der Waals surface area contributed by atoms with Crippen LogP contribution >= 0.6 is 0 Å². The van der Waals surface area contributed by atoms with Crippen molar-refractivity contribution in [3.8, 4) is 5.75 Å². The highest BCUT2D eigenvalue weighted by Crippen LogP contribution is 2.28. The molecule has 0 radical (unpaired) electrons. The number of hydrogen-bond acceptors (Lipinski definition) is 3. The average molecular weight is 439 g/mol. The van der Waals surface area contributed by atoms with Gasteiger partial charge < -0.3 is 14.5 Å². The van der Waals surface area contributed by atoms with Crippen LogP contribution in [0.25, 0.3) is 0 Å². The quantitative estimate of drug-likeness (QED) is 0.266. The summed E-state index contributed by atoms with van der Waals surface area (Å²) >= 11 is 0. The Balaban J connectivity index is 1.67. The second-order valence-electron chi connectivity index (χ2n) is 6.83. The second kappa shape index (κ2) is 9.20. The molecule has 164 valence electrons. The van der Waals surface area contributed by atoms with E-state index in [2.05, 4.69) is 13.8 Å². The van der Waals surface area contributed by atoms with Gasteiger partial charge in [-0.05, 0) is 42.2 Å². The second-order valence-corrected chi connectivity index (χ2v) is 6.83. The van der Waals surface area contributed by atoms with Crippen molar-refractivity contribution in [1.29, 1.82) is 0 Å². The van der Waals surface area contributed by atoms with Gasteiger partial charge in [-0.1, -0.05) is 26.0 Å². The summed E-state index contributed by atoms with van der Waals surface area (Å²) in [7, 11) is 0. The Kier molecular flexibility index (Phi) is 6.62. The molecule has 0 aliphatic rings. The fourth-order valence-electron chi connectivity index (χ4n) is 2.75. The number of furan rings is 1. The van der Waals surface area contributed by atoms with Gasteiger partial charge in [-0.15, -0.1) is 0 Å². The maximum atomic E-state index is 13.7. The number of carbonyl (C=O) groups is 1. The number of ether oxygens (including phenoxy) is 1. The van der Waals surface area contributed by atoms with Crippen LogP contribution in [0.1, 0.15) is 48.1 Å². The number of benzene rings is 2. The third kappa shape index (κ3) is 4.70. The van der Waals surface area contributed by atoms with Crippen LogP contribution in [0.4, 0.5) is 27.6 Å². The van der Waals surface area contributed by atoms with Gasteiger partial charge in [-0.25, -0.2) is 22.0 Å². The molecule has 9 heteroatoms. The van der Waals surface area contributed by atoms with Crippen molar-refractivity contribution in [2.45, 2.75) is 32.8 Å². The van der Waals surface area contributed by atoms with E-state index in [4.69, 9.17) is 9.15 Å². The molecule has 0 spiro atoms. The number of nitrogens with one attached hydrogen (secondary N) is 1. The third-order valence-corrected chi connectivity index (χ3v) is 4.78. The average Bonchev–Trinajstić information content (AvgIpc) is 3.27. The first-order chi connectivity index (χ1) is 14.7. The molecular formula is C22H18F5NO3. The van der Waals surface area contributed by atoms with E-state index in [0.29, 0.717) is 11.7 Å². The number of anilines is 1. The first-order valence-corrected chi connectivity index (χ1v) is 9.37. The smallest absolute Gasteiger partial charge is 0.291 e. The van der Waals surface area contributed by atoms with Gasteiger partial charge in [0.1, 0.15) is 23.8 Å². The first-order valence-electron chi connectivity index (χ1n) is 9.37. The largest absolute Gasteiger partial charge is 0.486 e. The number of halogens is 5. The van der Waals surface area contributed by atoms with E-state index in [0.717, 1.165) is 6.42 Å². The summed E-state index contributed by atoms with van der Waals surface area (Å²) in [6.07, 6.45) is 1.00. The highest BCUT2D eigenvalue weighted by molar-refractivity contribution is 6.02. The van der Waals surface area contributed by atoms with E-state index in [1.54, 1.807) is 17.4 Å². The molecule has 0 saturated carbocycles. The Morgan fingerprint density at radius 3 is 2.10 bits per heavy atom. The van der Waals surface area contributed by atoms with Crippen molar-refractivity contribution in [3.63, 3.8) is 0 Å². The Hall–Kier alpha value is -3.36. The van der Waals surface area contributed by atoms with Crippen LogP contribution in [0, 0.1) is 29.1 Å². The lowest BCUT2D eigenvalue weighted by Crippen LogP contribution is -2.16. The van der Waals surface area contributed by atoms with Crippen molar-refractivity contribution < 1.29 is 35.9 Å². The maximum absolute atomic E-state index is 13.7. The van der Waals surface area contributed by atoms with Crippen molar-refractivity contribution in [2.75, 3.05) is 5.32 Å².